The molecule has 128 valence electrons. The van der Waals surface area contributed by atoms with Gasteiger partial charge in [0.25, 0.3) is 0 Å². The number of aromatic carboxylic acids is 1. The lowest BCUT2D eigenvalue weighted by Gasteiger charge is -2.13. The highest BCUT2D eigenvalue weighted by Gasteiger charge is 2.24. The molecule has 0 saturated carbocycles. The average molecular weight is 363 g/mol. The van der Waals surface area contributed by atoms with Gasteiger partial charge in [-0.3, -0.25) is 4.79 Å². The first kappa shape index (κ1) is 16.2. The van der Waals surface area contributed by atoms with Gasteiger partial charge in [-0.15, -0.1) is 11.3 Å². The molecule has 4 aromatic rings. The van der Waals surface area contributed by atoms with Crippen LogP contribution in [-0.2, 0) is 11.2 Å². The summed E-state index contributed by atoms with van der Waals surface area (Å²) >= 11 is 1.52. The third kappa shape index (κ3) is 2.60. The molecular formula is C20H13NO4S. The molecule has 26 heavy (non-hydrogen) atoms. The summed E-state index contributed by atoms with van der Waals surface area (Å²) in [6, 6.07) is 14.6. The fourth-order valence-corrected chi connectivity index (χ4v) is 4.15. The number of thiophene rings is 1. The topological polar surface area (TPSA) is 87.5 Å². The Kier molecular flexibility index (Phi) is 3.89. The van der Waals surface area contributed by atoms with Gasteiger partial charge in [0.05, 0.1) is 23.2 Å². The van der Waals surface area contributed by atoms with Crippen molar-refractivity contribution in [1.29, 1.82) is 0 Å². The summed E-state index contributed by atoms with van der Waals surface area (Å²) in [4.78, 5) is 28.1. The maximum absolute atomic E-state index is 12.0. The van der Waals surface area contributed by atoms with Gasteiger partial charge in [0.2, 0.25) is 0 Å². The summed E-state index contributed by atoms with van der Waals surface area (Å²) in [5.74, 6) is -2.24. The van der Waals surface area contributed by atoms with Gasteiger partial charge in [-0.1, -0.05) is 36.4 Å². The molecule has 0 spiro atoms. The number of fused-ring (bicyclic) bond motifs is 2. The number of benzene rings is 2. The zero-order valence-electron chi connectivity index (χ0n) is 13.5. The minimum Gasteiger partial charge on any atom is -0.481 e. The van der Waals surface area contributed by atoms with Crippen LogP contribution in [0.25, 0.3) is 32.2 Å². The number of pyridine rings is 1. The van der Waals surface area contributed by atoms with E-state index in [1.54, 1.807) is 24.3 Å². The molecule has 0 unspecified atom stereocenters. The van der Waals surface area contributed by atoms with E-state index in [1.165, 1.54) is 11.3 Å². The molecule has 6 heteroatoms. The van der Waals surface area contributed by atoms with Crippen LogP contribution in [0.1, 0.15) is 15.9 Å². The molecule has 0 aliphatic rings. The lowest BCUT2D eigenvalue weighted by Crippen LogP contribution is -2.12. The van der Waals surface area contributed by atoms with Crippen LogP contribution in [0.15, 0.2) is 53.9 Å². The first-order valence-corrected chi connectivity index (χ1v) is 8.77. The third-order valence-corrected chi connectivity index (χ3v) is 5.23. The first-order valence-electron chi connectivity index (χ1n) is 7.89. The smallest absolute Gasteiger partial charge is 0.336 e. The van der Waals surface area contributed by atoms with Crippen molar-refractivity contribution >= 4 is 44.3 Å². The molecule has 0 amide bonds. The molecule has 0 aliphatic heterocycles. The van der Waals surface area contributed by atoms with Crippen LogP contribution < -0.4 is 0 Å². The molecule has 0 atom stereocenters. The fourth-order valence-electron chi connectivity index (χ4n) is 3.20. The molecule has 4 rings (SSSR count). The molecule has 0 aliphatic carbocycles. The molecule has 0 radical (unpaired) electrons. The van der Waals surface area contributed by atoms with Crippen molar-refractivity contribution < 1.29 is 19.8 Å². The van der Waals surface area contributed by atoms with E-state index in [1.807, 2.05) is 29.6 Å². The van der Waals surface area contributed by atoms with Gasteiger partial charge < -0.3 is 10.2 Å². The number of rotatable bonds is 4. The van der Waals surface area contributed by atoms with Gasteiger partial charge in [-0.05, 0) is 12.1 Å². The molecule has 2 aromatic heterocycles. The fraction of sp³-hybridized carbons (Fsp3) is 0.0500. The normalized spacial score (nSPS) is 11.1. The summed E-state index contributed by atoms with van der Waals surface area (Å²) in [7, 11) is 0. The molecule has 0 bridgehead atoms. The highest BCUT2D eigenvalue weighted by atomic mass is 32.1. The second-order valence-electron chi connectivity index (χ2n) is 5.85. The van der Waals surface area contributed by atoms with E-state index in [2.05, 4.69) is 4.98 Å². The quantitative estimate of drug-likeness (QED) is 0.560. The van der Waals surface area contributed by atoms with E-state index in [-0.39, 0.29) is 11.1 Å². The maximum Gasteiger partial charge on any atom is 0.336 e. The van der Waals surface area contributed by atoms with Crippen molar-refractivity contribution in [2.75, 3.05) is 0 Å². The highest BCUT2D eigenvalue weighted by molar-refractivity contribution is 7.17. The summed E-state index contributed by atoms with van der Waals surface area (Å²) in [5.41, 5.74) is 1.94. The lowest BCUT2D eigenvalue weighted by atomic mass is 9.94. The first-order chi connectivity index (χ1) is 12.6. The zero-order valence-corrected chi connectivity index (χ0v) is 14.3. The third-order valence-electron chi connectivity index (χ3n) is 4.27. The van der Waals surface area contributed by atoms with Crippen molar-refractivity contribution in [3.8, 4) is 11.3 Å². The SMILES string of the molecule is O=C(O)Cc1c(-c2csc3ccccc23)nc2ccccc2c1C(=O)O. The molecular weight excluding hydrogens is 350 g/mol. The molecule has 0 fully saturated rings. The van der Waals surface area contributed by atoms with E-state index in [9.17, 15) is 19.8 Å². The van der Waals surface area contributed by atoms with Crippen molar-refractivity contribution in [3.63, 3.8) is 0 Å². The minimum absolute atomic E-state index is 0.00304. The number of hydrogen-bond donors (Lipinski definition) is 2. The molecule has 0 saturated heterocycles. The standard InChI is InChI=1S/C20H13NO4S/c22-17(23)9-13-18(20(24)25)12-6-1-3-7-15(12)21-19(13)14-10-26-16-8-4-2-5-11(14)16/h1-8,10H,9H2,(H,22,23)(H,24,25). The predicted molar refractivity (Wildman–Crippen MR) is 101 cm³/mol. The maximum atomic E-state index is 12.0. The van der Waals surface area contributed by atoms with E-state index < -0.39 is 18.4 Å². The number of aromatic nitrogens is 1. The van der Waals surface area contributed by atoms with Crippen molar-refractivity contribution in [1.82, 2.24) is 4.98 Å². The number of carboxylic acids is 2. The average Bonchev–Trinajstić information content (AvgIpc) is 3.04. The van der Waals surface area contributed by atoms with Gasteiger partial charge in [0.15, 0.2) is 0 Å². The van der Waals surface area contributed by atoms with Crippen LogP contribution in [0, 0.1) is 0 Å². The second-order valence-corrected chi connectivity index (χ2v) is 6.76. The summed E-state index contributed by atoms with van der Waals surface area (Å²) in [6.07, 6.45) is -0.404. The van der Waals surface area contributed by atoms with E-state index in [0.29, 0.717) is 16.6 Å². The van der Waals surface area contributed by atoms with Crippen LogP contribution in [0.5, 0.6) is 0 Å². The van der Waals surface area contributed by atoms with Gasteiger partial charge in [0.1, 0.15) is 0 Å². The zero-order chi connectivity index (χ0) is 18.3. The Labute approximate surface area is 152 Å². The van der Waals surface area contributed by atoms with E-state index in [0.717, 1.165) is 15.6 Å². The monoisotopic (exact) mass is 363 g/mol. The molecule has 5 nitrogen and oxygen atoms in total. The summed E-state index contributed by atoms with van der Waals surface area (Å²) in [5, 5.41) is 22.4. The Hall–Kier alpha value is -3.25. The Bertz CT molecular complexity index is 1180. The van der Waals surface area contributed by atoms with Gasteiger partial charge in [0, 0.05) is 32.0 Å². The summed E-state index contributed by atoms with van der Waals surface area (Å²) < 4.78 is 1.04. The van der Waals surface area contributed by atoms with Gasteiger partial charge >= 0.3 is 11.9 Å². The van der Waals surface area contributed by atoms with Crippen LogP contribution >= 0.6 is 11.3 Å². The van der Waals surface area contributed by atoms with Crippen molar-refractivity contribution in [3.05, 3.63) is 65.0 Å². The number of carbonyl (C=O) groups is 2. The van der Waals surface area contributed by atoms with Crippen molar-refractivity contribution in [2.24, 2.45) is 0 Å². The number of nitrogens with zero attached hydrogens (tertiary/aromatic N) is 1. The largest absolute Gasteiger partial charge is 0.481 e. The van der Waals surface area contributed by atoms with Gasteiger partial charge in [-0.2, -0.15) is 0 Å². The Morgan fingerprint density at radius 1 is 0.962 bits per heavy atom. The Balaban J connectivity index is 2.14. The van der Waals surface area contributed by atoms with Crippen LogP contribution in [-0.4, -0.2) is 27.1 Å². The van der Waals surface area contributed by atoms with Gasteiger partial charge in [-0.25, -0.2) is 9.78 Å². The van der Waals surface area contributed by atoms with E-state index in [4.69, 9.17) is 0 Å². The highest BCUT2D eigenvalue weighted by Crippen LogP contribution is 2.37. The van der Waals surface area contributed by atoms with E-state index >= 15 is 0 Å². The predicted octanol–water partition coefficient (Wildman–Crippen LogP) is 4.44. The molecule has 2 heterocycles. The second kappa shape index (κ2) is 6.24. The number of aliphatic carboxylic acids is 1. The Morgan fingerprint density at radius 3 is 2.38 bits per heavy atom. The van der Waals surface area contributed by atoms with Crippen molar-refractivity contribution in [2.45, 2.75) is 6.42 Å². The lowest BCUT2D eigenvalue weighted by molar-refractivity contribution is -0.136. The van der Waals surface area contributed by atoms with Crippen LogP contribution in [0.3, 0.4) is 0 Å². The minimum atomic E-state index is -1.15. The Morgan fingerprint density at radius 2 is 1.65 bits per heavy atom. The number of para-hydroxylation sites is 1. The van der Waals surface area contributed by atoms with Crippen LogP contribution in [0.2, 0.25) is 0 Å². The number of hydrogen-bond acceptors (Lipinski definition) is 4. The molecule has 2 aromatic carbocycles. The summed E-state index contributed by atoms with van der Waals surface area (Å²) in [6.45, 7) is 0. The number of carboxylic acid groups (broad SMARTS) is 2. The molecule has 2 N–H and O–H groups in total. The van der Waals surface area contributed by atoms with Crippen LogP contribution in [0.4, 0.5) is 0 Å².